The molecule has 0 bridgehead atoms. The monoisotopic (exact) mass is 140 g/mol. The molecule has 0 unspecified atom stereocenters. The van der Waals surface area contributed by atoms with Gasteiger partial charge in [0.15, 0.2) is 0 Å². The molecule has 0 amide bonds. The van der Waals surface area contributed by atoms with E-state index in [9.17, 15) is 0 Å². The third kappa shape index (κ3) is 1.20. The number of nitrogens with two attached hydrogens (primary N) is 1. The predicted molar refractivity (Wildman–Crippen MR) is 41.8 cm³/mol. The van der Waals surface area contributed by atoms with Crippen molar-refractivity contribution >= 4 is 0 Å². The van der Waals surface area contributed by atoms with E-state index in [1.807, 2.05) is 0 Å². The third-order valence-corrected chi connectivity index (χ3v) is 3.22. The van der Waals surface area contributed by atoms with Gasteiger partial charge in [-0.3, -0.25) is 0 Å². The Morgan fingerprint density at radius 3 is 2.60 bits per heavy atom. The highest BCUT2D eigenvalue weighted by atomic mass is 14.9. The van der Waals surface area contributed by atoms with Crippen LogP contribution in [0, 0.1) is 5.92 Å². The molecule has 0 aromatic heterocycles. The number of fused-ring (bicyclic) bond motifs is 1. The van der Waals surface area contributed by atoms with Crippen LogP contribution in [0.2, 0.25) is 0 Å². The summed E-state index contributed by atoms with van der Waals surface area (Å²) in [5.41, 5.74) is 0. The summed E-state index contributed by atoms with van der Waals surface area (Å²) in [7, 11) is 0. The fraction of sp³-hybridized carbons (Fsp3) is 1.00. The van der Waals surface area contributed by atoms with Crippen LogP contribution in [0.5, 0.6) is 0 Å². The van der Waals surface area contributed by atoms with Gasteiger partial charge in [0.05, 0.1) is 12.6 Å². The van der Waals surface area contributed by atoms with Gasteiger partial charge in [0, 0.05) is 5.92 Å². The van der Waals surface area contributed by atoms with Crippen molar-refractivity contribution in [2.45, 2.75) is 44.6 Å². The second kappa shape index (κ2) is 2.91. The molecule has 1 saturated heterocycles. The third-order valence-electron chi connectivity index (χ3n) is 3.22. The van der Waals surface area contributed by atoms with Crippen LogP contribution in [0.4, 0.5) is 0 Å². The molecule has 1 aliphatic carbocycles. The molecule has 1 heterocycles. The Kier molecular flexibility index (Phi) is 1.94. The van der Waals surface area contributed by atoms with Crippen LogP contribution < -0.4 is 5.32 Å². The molecular weight excluding hydrogens is 122 g/mol. The van der Waals surface area contributed by atoms with Crippen LogP contribution in [0.15, 0.2) is 0 Å². The zero-order valence-corrected chi connectivity index (χ0v) is 6.68. The summed E-state index contributed by atoms with van der Waals surface area (Å²) in [6.45, 7) is 1.40. The van der Waals surface area contributed by atoms with Gasteiger partial charge in [0.2, 0.25) is 0 Å². The number of quaternary nitrogens is 1. The Bertz CT molecular complexity index is 85.3. The quantitative estimate of drug-likeness (QED) is 0.515. The number of hydrogen-bond donors (Lipinski definition) is 1. The summed E-state index contributed by atoms with van der Waals surface area (Å²) in [5, 5.41) is 2.59. The van der Waals surface area contributed by atoms with Gasteiger partial charge in [-0.2, -0.15) is 0 Å². The summed E-state index contributed by atoms with van der Waals surface area (Å²) in [4.78, 5) is 0. The zero-order chi connectivity index (χ0) is 6.81. The van der Waals surface area contributed by atoms with Gasteiger partial charge in [0.25, 0.3) is 0 Å². The van der Waals surface area contributed by atoms with Gasteiger partial charge in [-0.15, -0.1) is 0 Å². The summed E-state index contributed by atoms with van der Waals surface area (Å²) < 4.78 is 0. The molecule has 1 nitrogen and oxygen atoms in total. The van der Waals surface area contributed by atoms with Gasteiger partial charge in [-0.25, -0.2) is 0 Å². The molecular formula is C9H18N+. The summed E-state index contributed by atoms with van der Waals surface area (Å²) in [5.74, 6) is 1.10. The lowest BCUT2D eigenvalue weighted by Gasteiger charge is -2.33. The van der Waals surface area contributed by atoms with Crippen molar-refractivity contribution in [2.75, 3.05) is 6.54 Å². The standard InChI is InChI=1S/C9H17N/c1-2-6-9-8(4-1)5-3-7-10-9/h8-10H,1-7H2/p+1/t8-,9+/m0/s1. The molecule has 58 valence electrons. The van der Waals surface area contributed by atoms with Gasteiger partial charge < -0.3 is 5.32 Å². The van der Waals surface area contributed by atoms with Crippen LogP contribution >= 0.6 is 0 Å². The van der Waals surface area contributed by atoms with Crippen molar-refractivity contribution in [1.29, 1.82) is 0 Å². The molecule has 0 aromatic rings. The maximum atomic E-state index is 2.59. The van der Waals surface area contributed by atoms with Crippen LogP contribution in [-0.2, 0) is 0 Å². The smallest absolute Gasteiger partial charge is 0.0887 e. The molecule has 0 radical (unpaired) electrons. The summed E-state index contributed by atoms with van der Waals surface area (Å²) in [6.07, 6.45) is 9.04. The van der Waals surface area contributed by atoms with E-state index < -0.39 is 0 Å². The minimum Gasteiger partial charge on any atom is -0.344 e. The second-order valence-electron chi connectivity index (χ2n) is 3.87. The molecule has 1 saturated carbocycles. The average molecular weight is 140 g/mol. The van der Waals surface area contributed by atoms with E-state index in [0.717, 1.165) is 12.0 Å². The predicted octanol–water partition coefficient (Wildman–Crippen LogP) is 0.902. The van der Waals surface area contributed by atoms with E-state index in [1.54, 1.807) is 0 Å². The molecule has 1 heteroatoms. The SMILES string of the molecule is C1CC[C@H]2[NH2+]CCC[C@@H]2C1. The van der Waals surface area contributed by atoms with Crippen molar-refractivity contribution in [1.82, 2.24) is 0 Å². The fourth-order valence-electron chi connectivity index (χ4n) is 2.62. The van der Waals surface area contributed by atoms with Crippen LogP contribution in [0.25, 0.3) is 0 Å². The lowest BCUT2D eigenvalue weighted by atomic mass is 9.80. The highest BCUT2D eigenvalue weighted by Gasteiger charge is 2.29. The first-order valence-electron chi connectivity index (χ1n) is 4.80. The van der Waals surface area contributed by atoms with Crippen LogP contribution in [-0.4, -0.2) is 12.6 Å². The Hall–Kier alpha value is -0.0400. The van der Waals surface area contributed by atoms with Gasteiger partial charge in [-0.05, 0) is 32.1 Å². The van der Waals surface area contributed by atoms with Crippen LogP contribution in [0.3, 0.4) is 0 Å². The van der Waals surface area contributed by atoms with E-state index in [0.29, 0.717) is 0 Å². The first-order chi connectivity index (χ1) is 4.97. The van der Waals surface area contributed by atoms with Crippen molar-refractivity contribution in [2.24, 2.45) is 5.92 Å². The lowest BCUT2D eigenvalue weighted by Crippen LogP contribution is -2.93. The van der Waals surface area contributed by atoms with Gasteiger partial charge >= 0.3 is 0 Å². The topological polar surface area (TPSA) is 16.6 Å². The minimum atomic E-state index is 1.03. The zero-order valence-electron chi connectivity index (χ0n) is 6.68. The van der Waals surface area contributed by atoms with Crippen molar-refractivity contribution in [3.05, 3.63) is 0 Å². The summed E-state index contributed by atoms with van der Waals surface area (Å²) >= 11 is 0. The normalized spacial score (nSPS) is 40.8. The fourth-order valence-corrected chi connectivity index (χ4v) is 2.62. The molecule has 0 spiro atoms. The van der Waals surface area contributed by atoms with Gasteiger partial charge in [0.1, 0.15) is 0 Å². The molecule has 2 rings (SSSR count). The van der Waals surface area contributed by atoms with E-state index in [4.69, 9.17) is 0 Å². The molecule has 10 heavy (non-hydrogen) atoms. The Labute approximate surface area is 63.2 Å². The van der Waals surface area contributed by atoms with E-state index >= 15 is 0 Å². The average Bonchev–Trinajstić information content (AvgIpc) is 2.05. The molecule has 2 fully saturated rings. The lowest BCUT2D eigenvalue weighted by molar-refractivity contribution is -0.706. The minimum absolute atomic E-state index is 1.03. The first kappa shape index (κ1) is 6.66. The number of piperidine rings is 1. The second-order valence-corrected chi connectivity index (χ2v) is 3.87. The maximum Gasteiger partial charge on any atom is 0.0887 e. The Balaban J connectivity index is 1.93. The highest BCUT2D eigenvalue weighted by molar-refractivity contribution is 4.75. The van der Waals surface area contributed by atoms with Crippen molar-refractivity contribution in [3.8, 4) is 0 Å². The Morgan fingerprint density at radius 1 is 0.900 bits per heavy atom. The molecule has 2 atom stereocenters. The molecule has 2 N–H and O–H groups in total. The molecule has 1 aliphatic heterocycles. The largest absolute Gasteiger partial charge is 0.344 e. The van der Waals surface area contributed by atoms with Crippen LogP contribution in [0.1, 0.15) is 38.5 Å². The number of rotatable bonds is 0. The summed E-state index contributed by atoms with van der Waals surface area (Å²) in [6, 6.07) is 1.03. The highest BCUT2D eigenvalue weighted by Crippen LogP contribution is 2.27. The number of hydrogen-bond acceptors (Lipinski definition) is 0. The van der Waals surface area contributed by atoms with E-state index in [2.05, 4.69) is 5.32 Å². The Morgan fingerprint density at radius 2 is 1.70 bits per heavy atom. The van der Waals surface area contributed by atoms with E-state index in [-0.39, 0.29) is 0 Å². The molecule has 0 aromatic carbocycles. The first-order valence-corrected chi connectivity index (χ1v) is 4.80. The van der Waals surface area contributed by atoms with Crippen molar-refractivity contribution in [3.63, 3.8) is 0 Å². The van der Waals surface area contributed by atoms with Gasteiger partial charge in [-0.1, -0.05) is 6.42 Å². The van der Waals surface area contributed by atoms with Crippen molar-refractivity contribution < 1.29 is 5.32 Å². The molecule has 2 aliphatic rings. The van der Waals surface area contributed by atoms with E-state index in [1.165, 1.54) is 45.1 Å². The maximum absolute atomic E-state index is 2.59.